The molecule has 0 unspecified atom stereocenters. The number of ether oxygens (including phenoxy) is 1. The molecule has 4 heteroatoms. The van der Waals surface area contributed by atoms with E-state index in [-0.39, 0.29) is 0 Å². The number of aromatic nitrogens is 2. The average Bonchev–Trinajstić information content (AvgIpc) is 2.37. The van der Waals surface area contributed by atoms with E-state index in [2.05, 4.69) is 15.0 Å². The minimum absolute atomic E-state index is 0.580. The summed E-state index contributed by atoms with van der Waals surface area (Å²) in [4.78, 5) is 12.5. The first-order chi connectivity index (χ1) is 8.31. The van der Waals surface area contributed by atoms with Crippen LogP contribution in [0.2, 0.25) is 0 Å². The summed E-state index contributed by atoms with van der Waals surface area (Å²) in [5, 5.41) is 0. The molecular weight excluding hydrogens is 214 g/mol. The molecule has 0 amide bonds. The van der Waals surface area contributed by atoms with E-state index in [0.717, 1.165) is 17.0 Å². The lowest BCUT2D eigenvalue weighted by Crippen LogP contribution is -1.91. The molecule has 1 heterocycles. The van der Waals surface area contributed by atoms with E-state index in [1.54, 1.807) is 31.8 Å². The smallest absolute Gasteiger partial charge is 0.170 e. The van der Waals surface area contributed by atoms with Crippen molar-refractivity contribution in [1.29, 1.82) is 0 Å². The van der Waals surface area contributed by atoms with Gasteiger partial charge in [-0.3, -0.25) is 0 Å². The molecule has 0 saturated carbocycles. The van der Waals surface area contributed by atoms with E-state index in [9.17, 15) is 0 Å². The summed E-state index contributed by atoms with van der Waals surface area (Å²) < 4.78 is 5.31. The van der Waals surface area contributed by atoms with Gasteiger partial charge in [-0.25, -0.2) is 15.0 Å². The summed E-state index contributed by atoms with van der Waals surface area (Å²) in [6.07, 6.45) is 4.99. The summed E-state index contributed by atoms with van der Waals surface area (Å²) in [6, 6.07) is 7.59. The van der Waals surface area contributed by atoms with Crippen LogP contribution in [-0.4, -0.2) is 23.3 Å². The molecule has 0 aliphatic heterocycles. The topological polar surface area (TPSA) is 47.4 Å². The Kier molecular flexibility index (Phi) is 3.45. The molecule has 0 bridgehead atoms. The largest absolute Gasteiger partial charge is 0.494 e. The molecule has 0 atom stereocenters. The lowest BCUT2D eigenvalue weighted by molar-refractivity contribution is 0.413. The van der Waals surface area contributed by atoms with Crippen molar-refractivity contribution < 1.29 is 4.74 Å². The monoisotopic (exact) mass is 227 g/mol. The molecule has 17 heavy (non-hydrogen) atoms. The second-order valence-electron chi connectivity index (χ2n) is 3.49. The Morgan fingerprint density at radius 2 is 1.94 bits per heavy atom. The van der Waals surface area contributed by atoms with Crippen LogP contribution < -0.4 is 4.74 Å². The van der Waals surface area contributed by atoms with Gasteiger partial charge in [0, 0.05) is 12.4 Å². The first-order valence-electron chi connectivity index (χ1n) is 5.26. The molecule has 2 aromatic rings. The second-order valence-corrected chi connectivity index (χ2v) is 3.49. The van der Waals surface area contributed by atoms with E-state index >= 15 is 0 Å². The number of para-hydroxylation sites is 1. The van der Waals surface area contributed by atoms with Crippen LogP contribution >= 0.6 is 0 Å². The normalized spacial score (nSPS) is 10.7. The number of nitrogens with zero attached hydrogens (tertiary/aromatic N) is 3. The Morgan fingerprint density at radius 3 is 2.65 bits per heavy atom. The second kappa shape index (κ2) is 5.21. The third kappa shape index (κ3) is 2.66. The summed E-state index contributed by atoms with van der Waals surface area (Å²) >= 11 is 0. The summed E-state index contributed by atoms with van der Waals surface area (Å²) in [7, 11) is 1.64. The van der Waals surface area contributed by atoms with Gasteiger partial charge >= 0.3 is 0 Å². The zero-order valence-electron chi connectivity index (χ0n) is 9.79. The fourth-order valence-corrected chi connectivity index (χ4v) is 1.51. The van der Waals surface area contributed by atoms with Crippen LogP contribution in [0.5, 0.6) is 5.75 Å². The van der Waals surface area contributed by atoms with Crippen LogP contribution in [0.3, 0.4) is 0 Å². The SMILES string of the molecule is COc1c(C)cccc1/N=C/c1ncccn1. The molecule has 1 aromatic heterocycles. The van der Waals surface area contributed by atoms with Gasteiger partial charge in [-0.05, 0) is 24.6 Å². The van der Waals surface area contributed by atoms with Gasteiger partial charge in [0.2, 0.25) is 0 Å². The maximum Gasteiger partial charge on any atom is 0.170 e. The Labute approximate surface area is 100 Å². The van der Waals surface area contributed by atoms with E-state index < -0.39 is 0 Å². The molecular formula is C13H13N3O. The van der Waals surface area contributed by atoms with Crippen molar-refractivity contribution in [2.24, 2.45) is 4.99 Å². The lowest BCUT2D eigenvalue weighted by Gasteiger charge is -2.06. The molecule has 0 saturated heterocycles. The highest BCUT2D eigenvalue weighted by Gasteiger charge is 2.03. The molecule has 0 fully saturated rings. The minimum atomic E-state index is 0.580. The van der Waals surface area contributed by atoms with Gasteiger partial charge in [0.15, 0.2) is 5.82 Å². The lowest BCUT2D eigenvalue weighted by atomic mass is 10.2. The van der Waals surface area contributed by atoms with Gasteiger partial charge in [-0.2, -0.15) is 0 Å². The average molecular weight is 227 g/mol. The van der Waals surface area contributed by atoms with Crippen LogP contribution in [0.25, 0.3) is 0 Å². The highest BCUT2D eigenvalue weighted by atomic mass is 16.5. The summed E-state index contributed by atoms with van der Waals surface area (Å²) in [5.41, 5.74) is 1.83. The fraction of sp³-hybridized carbons (Fsp3) is 0.154. The Hall–Kier alpha value is -2.23. The molecule has 4 nitrogen and oxygen atoms in total. The molecule has 86 valence electrons. The van der Waals surface area contributed by atoms with Gasteiger partial charge in [0.1, 0.15) is 11.4 Å². The van der Waals surface area contributed by atoms with E-state index in [0.29, 0.717) is 5.82 Å². The van der Waals surface area contributed by atoms with Crippen LogP contribution in [0, 0.1) is 6.92 Å². The maximum atomic E-state index is 5.31. The van der Waals surface area contributed by atoms with Crippen molar-refractivity contribution in [1.82, 2.24) is 9.97 Å². The number of aliphatic imine (C=N–C) groups is 1. The van der Waals surface area contributed by atoms with Crippen molar-refractivity contribution >= 4 is 11.9 Å². The number of hydrogen-bond acceptors (Lipinski definition) is 4. The molecule has 2 rings (SSSR count). The summed E-state index contributed by atoms with van der Waals surface area (Å²) in [6.45, 7) is 1.98. The standard InChI is InChI=1S/C13H13N3O/c1-10-5-3-6-11(13(10)17-2)16-9-12-14-7-4-8-15-12/h3-9H,1-2H3/b16-9+. The molecule has 0 aliphatic rings. The highest BCUT2D eigenvalue weighted by molar-refractivity contribution is 5.78. The zero-order valence-corrected chi connectivity index (χ0v) is 9.79. The summed E-state index contributed by atoms with van der Waals surface area (Å²) in [5.74, 6) is 1.36. The van der Waals surface area contributed by atoms with Gasteiger partial charge in [0.05, 0.1) is 13.3 Å². The van der Waals surface area contributed by atoms with Crippen molar-refractivity contribution in [3.05, 3.63) is 48.0 Å². The first kappa shape index (κ1) is 11.3. The Balaban J connectivity index is 2.30. The molecule has 0 spiro atoms. The number of methoxy groups -OCH3 is 1. The van der Waals surface area contributed by atoms with E-state index in [4.69, 9.17) is 4.74 Å². The van der Waals surface area contributed by atoms with Crippen LogP contribution in [-0.2, 0) is 0 Å². The Bertz CT molecular complexity index is 523. The molecule has 0 aliphatic carbocycles. The van der Waals surface area contributed by atoms with E-state index in [1.807, 2.05) is 25.1 Å². The zero-order chi connectivity index (χ0) is 12.1. The third-order valence-electron chi connectivity index (χ3n) is 2.30. The van der Waals surface area contributed by atoms with E-state index in [1.165, 1.54) is 0 Å². The molecule has 0 radical (unpaired) electrons. The third-order valence-corrected chi connectivity index (χ3v) is 2.30. The first-order valence-corrected chi connectivity index (χ1v) is 5.26. The van der Waals surface area contributed by atoms with Crippen LogP contribution in [0.1, 0.15) is 11.4 Å². The quantitative estimate of drug-likeness (QED) is 0.757. The number of hydrogen-bond donors (Lipinski definition) is 0. The van der Waals surface area contributed by atoms with Crippen LogP contribution in [0.4, 0.5) is 5.69 Å². The van der Waals surface area contributed by atoms with Crippen molar-refractivity contribution in [3.8, 4) is 5.75 Å². The van der Waals surface area contributed by atoms with Gasteiger partial charge < -0.3 is 4.74 Å². The number of aryl methyl sites for hydroxylation is 1. The highest BCUT2D eigenvalue weighted by Crippen LogP contribution is 2.30. The van der Waals surface area contributed by atoms with Crippen molar-refractivity contribution in [3.63, 3.8) is 0 Å². The maximum absolute atomic E-state index is 5.31. The molecule has 1 aromatic carbocycles. The minimum Gasteiger partial charge on any atom is -0.494 e. The van der Waals surface area contributed by atoms with Crippen LogP contribution in [0.15, 0.2) is 41.7 Å². The number of benzene rings is 1. The predicted molar refractivity (Wildman–Crippen MR) is 67.0 cm³/mol. The van der Waals surface area contributed by atoms with Crippen molar-refractivity contribution in [2.75, 3.05) is 7.11 Å². The Morgan fingerprint density at radius 1 is 1.18 bits per heavy atom. The number of rotatable bonds is 3. The van der Waals surface area contributed by atoms with Gasteiger partial charge in [-0.15, -0.1) is 0 Å². The molecule has 0 N–H and O–H groups in total. The predicted octanol–water partition coefficient (Wildman–Crippen LogP) is 2.54. The fourth-order valence-electron chi connectivity index (χ4n) is 1.51. The van der Waals surface area contributed by atoms with Gasteiger partial charge in [-0.1, -0.05) is 12.1 Å². The van der Waals surface area contributed by atoms with Crippen molar-refractivity contribution in [2.45, 2.75) is 6.92 Å². The van der Waals surface area contributed by atoms with Gasteiger partial charge in [0.25, 0.3) is 0 Å².